The van der Waals surface area contributed by atoms with Gasteiger partial charge in [0.25, 0.3) is 0 Å². The number of benzene rings is 2. The van der Waals surface area contributed by atoms with Gasteiger partial charge in [-0.1, -0.05) is 12.1 Å². The molecule has 2 aromatic rings. The molecule has 174 valence electrons. The molecule has 4 rings (SSSR count). The summed E-state index contributed by atoms with van der Waals surface area (Å²) in [6, 6.07) is 9.64. The predicted molar refractivity (Wildman–Crippen MR) is 129 cm³/mol. The molecule has 2 aliphatic rings. The minimum Gasteiger partial charge on any atom is -0.493 e. The number of nitrogens with zero attached hydrogens (tertiary/aromatic N) is 2. The van der Waals surface area contributed by atoms with Crippen molar-refractivity contribution in [2.24, 2.45) is 4.99 Å². The molecule has 0 saturated heterocycles. The second kappa shape index (κ2) is 8.72. The SMILES string of the molecule is COC(=O)c1cccc(C2=NC(C)(C)Cc3c(CC#N)c(OC)c4c(c32)CC(C)(C)O4)c1.Cl. The van der Waals surface area contributed by atoms with E-state index in [9.17, 15) is 10.1 Å². The van der Waals surface area contributed by atoms with Crippen molar-refractivity contribution in [2.45, 2.75) is 58.1 Å². The van der Waals surface area contributed by atoms with Gasteiger partial charge in [-0.05, 0) is 51.8 Å². The third kappa shape index (κ3) is 4.30. The van der Waals surface area contributed by atoms with Crippen LogP contribution in [0, 0.1) is 11.3 Å². The molecule has 0 atom stereocenters. The molecule has 0 fully saturated rings. The van der Waals surface area contributed by atoms with E-state index in [0.717, 1.165) is 33.5 Å². The molecule has 0 saturated carbocycles. The molecule has 2 aromatic carbocycles. The number of rotatable bonds is 4. The summed E-state index contributed by atoms with van der Waals surface area (Å²) in [6.45, 7) is 8.25. The van der Waals surface area contributed by atoms with E-state index in [-0.39, 0.29) is 24.4 Å². The van der Waals surface area contributed by atoms with Crippen LogP contribution in [0.5, 0.6) is 11.5 Å². The van der Waals surface area contributed by atoms with Gasteiger partial charge in [-0.25, -0.2) is 4.79 Å². The standard InChI is InChI=1S/C26H28N2O4.ClH/c1-25(2)13-18-17(10-11-27)22(30-5)23-19(14-26(3,4)32-23)20(18)21(28-25)15-8-7-9-16(12-15)24(29)31-6;/h7-9,12H,10,13-14H2,1-6H3;1H. The fourth-order valence-electron chi connectivity index (χ4n) is 4.79. The molecule has 2 aliphatic heterocycles. The van der Waals surface area contributed by atoms with E-state index in [1.54, 1.807) is 13.2 Å². The van der Waals surface area contributed by atoms with Crippen LogP contribution in [-0.2, 0) is 24.0 Å². The summed E-state index contributed by atoms with van der Waals surface area (Å²) in [5.41, 5.74) is 5.29. The van der Waals surface area contributed by atoms with Crippen molar-refractivity contribution < 1.29 is 19.0 Å². The number of hydrogen-bond donors (Lipinski definition) is 0. The average molecular weight is 469 g/mol. The van der Waals surface area contributed by atoms with E-state index in [2.05, 4.69) is 19.9 Å². The van der Waals surface area contributed by atoms with Crippen LogP contribution in [0.2, 0.25) is 0 Å². The maximum absolute atomic E-state index is 12.2. The van der Waals surface area contributed by atoms with Gasteiger partial charge in [-0.3, -0.25) is 4.99 Å². The van der Waals surface area contributed by atoms with Crippen molar-refractivity contribution in [3.05, 3.63) is 57.6 Å². The number of ether oxygens (including phenoxy) is 3. The number of halogens is 1. The Balaban J connectivity index is 0.00000306. The van der Waals surface area contributed by atoms with E-state index < -0.39 is 11.6 Å². The summed E-state index contributed by atoms with van der Waals surface area (Å²) in [6.07, 6.45) is 1.60. The lowest BCUT2D eigenvalue weighted by molar-refractivity contribution is 0.0600. The average Bonchev–Trinajstić information content (AvgIpc) is 3.07. The zero-order valence-corrected chi connectivity index (χ0v) is 20.7. The number of carbonyl (C=O) groups excluding carboxylic acids is 1. The Hall–Kier alpha value is -3.04. The number of aliphatic imine (C=N–C) groups is 1. The molecule has 6 nitrogen and oxygen atoms in total. The third-order valence-electron chi connectivity index (χ3n) is 5.98. The molecule has 0 spiro atoms. The van der Waals surface area contributed by atoms with E-state index in [4.69, 9.17) is 19.2 Å². The molecule has 2 heterocycles. The van der Waals surface area contributed by atoms with Gasteiger partial charge in [0.05, 0.1) is 43.5 Å². The highest BCUT2D eigenvalue weighted by Crippen LogP contribution is 2.50. The summed E-state index contributed by atoms with van der Waals surface area (Å²) < 4.78 is 17.0. The smallest absolute Gasteiger partial charge is 0.337 e. The highest BCUT2D eigenvalue weighted by Gasteiger charge is 2.41. The normalized spacial score (nSPS) is 16.8. The molecular formula is C26H29ClN2O4. The first-order valence-electron chi connectivity index (χ1n) is 10.7. The predicted octanol–water partition coefficient (Wildman–Crippen LogP) is 4.86. The Morgan fingerprint density at radius 2 is 1.91 bits per heavy atom. The second-order valence-corrected chi connectivity index (χ2v) is 9.57. The summed E-state index contributed by atoms with van der Waals surface area (Å²) in [5.74, 6) is 0.946. The largest absolute Gasteiger partial charge is 0.493 e. The molecule has 0 radical (unpaired) electrons. The lowest BCUT2D eigenvalue weighted by Gasteiger charge is -2.33. The van der Waals surface area contributed by atoms with E-state index in [0.29, 0.717) is 29.9 Å². The van der Waals surface area contributed by atoms with Gasteiger partial charge in [0.2, 0.25) is 0 Å². The molecule has 33 heavy (non-hydrogen) atoms. The summed E-state index contributed by atoms with van der Waals surface area (Å²) in [4.78, 5) is 17.3. The van der Waals surface area contributed by atoms with Crippen molar-refractivity contribution in [1.82, 2.24) is 0 Å². The van der Waals surface area contributed by atoms with Gasteiger partial charge in [0.15, 0.2) is 11.5 Å². The molecule has 0 bridgehead atoms. The van der Waals surface area contributed by atoms with Crippen molar-refractivity contribution in [1.29, 1.82) is 5.26 Å². The second-order valence-electron chi connectivity index (χ2n) is 9.57. The maximum atomic E-state index is 12.2. The van der Waals surface area contributed by atoms with Gasteiger partial charge < -0.3 is 14.2 Å². The van der Waals surface area contributed by atoms with Gasteiger partial charge in [0, 0.05) is 28.7 Å². The van der Waals surface area contributed by atoms with Crippen LogP contribution in [0.25, 0.3) is 0 Å². The minimum absolute atomic E-state index is 0. The van der Waals surface area contributed by atoms with E-state index in [1.165, 1.54) is 7.11 Å². The quantitative estimate of drug-likeness (QED) is 0.599. The van der Waals surface area contributed by atoms with Gasteiger partial charge in [-0.15, -0.1) is 12.4 Å². The number of fused-ring (bicyclic) bond motifs is 3. The number of esters is 1. The Kier molecular flexibility index (Phi) is 6.50. The molecule has 0 aliphatic carbocycles. The van der Waals surface area contributed by atoms with Crippen LogP contribution in [-0.4, -0.2) is 37.0 Å². The summed E-state index contributed by atoms with van der Waals surface area (Å²) >= 11 is 0. The molecule has 0 aromatic heterocycles. The minimum atomic E-state index is -0.402. The first-order chi connectivity index (χ1) is 15.1. The van der Waals surface area contributed by atoms with Crippen molar-refractivity contribution in [2.75, 3.05) is 14.2 Å². The Morgan fingerprint density at radius 1 is 1.18 bits per heavy atom. The molecule has 0 amide bonds. The Labute approximate surface area is 201 Å². The highest BCUT2D eigenvalue weighted by atomic mass is 35.5. The van der Waals surface area contributed by atoms with Crippen molar-refractivity contribution in [3.63, 3.8) is 0 Å². The summed E-state index contributed by atoms with van der Waals surface area (Å²) in [7, 11) is 3.00. The first-order valence-corrected chi connectivity index (χ1v) is 10.7. The molecule has 0 unspecified atom stereocenters. The summed E-state index contributed by atoms with van der Waals surface area (Å²) in [5, 5.41) is 9.60. The molecular weight excluding hydrogens is 440 g/mol. The van der Waals surface area contributed by atoms with Crippen molar-refractivity contribution in [3.8, 4) is 17.6 Å². The molecule has 0 N–H and O–H groups in total. The van der Waals surface area contributed by atoms with Crippen LogP contribution >= 0.6 is 12.4 Å². The van der Waals surface area contributed by atoms with Gasteiger partial charge in [-0.2, -0.15) is 5.26 Å². The number of methoxy groups -OCH3 is 2. The van der Waals surface area contributed by atoms with Gasteiger partial charge in [0.1, 0.15) is 5.60 Å². The Morgan fingerprint density at radius 3 is 2.55 bits per heavy atom. The van der Waals surface area contributed by atoms with Gasteiger partial charge >= 0.3 is 5.97 Å². The number of nitriles is 1. The molecule has 7 heteroatoms. The number of hydrogen-bond acceptors (Lipinski definition) is 6. The zero-order chi connectivity index (χ0) is 23.3. The lowest BCUT2D eigenvalue weighted by atomic mass is 9.78. The van der Waals surface area contributed by atoms with Crippen LogP contribution in [0.1, 0.15) is 65.9 Å². The third-order valence-corrected chi connectivity index (χ3v) is 5.98. The van der Waals surface area contributed by atoms with Crippen LogP contribution in [0.3, 0.4) is 0 Å². The van der Waals surface area contributed by atoms with E-state index >= 15 is 0 Å². The van der Waals surface area contributed by atoms with Crippen LogP contribution < -0.4 is 9.47 Å². The lowest BCUT2D eigenvalue weighted by Crippen LogP contribution is -2.31. The van der Waals surface area contributed by atoms with Crippen LogP contribution in [0.4, 0.5) is 0 Å². The van der Waals surface area contributed by atoms with Crippen molar-refractivity contribution >= 4 is 24.1 Å². The zero-order valence-electron chi connectivity index (χ0n) is 19.9. The topological polar surface area (TPSA) is 80.9 Å². The maximum Gasteiger partial charge on any atom is 0.337 e. The number of carbonyl (C=O) groups is 1. The monoisotopic (exact) mass is 468 g/mol. The fraction of sp³-hybridized carbons (Fsp3) is 0.423. The fourth-order valence-corrected chi connectivity index (χ4v) is 4.79. The first kappa shape index (κ1) is 24.6. The Bertz CT molecular complexity index is 1190. The highest BCUT2D eigenvalue weighted by molar-refractivity contribution is 6.17. The van der Waals surface area contributed by atoms with Crippen LogP contribution in [0.15, 0.2) is 29.3 Å². The van der Waals surface area contributed by atoms with E-state index in [1.807, 2.05) is 32.0 Å².